The molecule has 84 valence electrons. The van der Waals surface area contributed by atoms with Crippen molar-refractivity contribution in [3.63, 3.8) is 0 Å². The number of hydrazine groups is 1. The highest BCUT2D eigenvalue weighted by Crippen LogP contribution is 2.16. The molecule has 0 fully saturated rings. The van der Waals surface area contributed by atoms with Gasteiger partial charge in [0.05, 0.1) is 6.04 Å². The van der Waals surface area contributed by atoms with Gasteiger partial charge in [-0.25, -0.2) is 15.4 Å². The Hall–Kier alpha value is -1.30. The molecule has 2 heterocycles. The normalized spacial score (nSPS) is 12.6. The maximum Gasteiger partial charge on any atom is 0.146 e. The van der Waals surface area contributed by atoms with Crippen LogP contribution >= 0.6 is 11.3 Å². The molecule has 1 unspecified atom stereocenters. The van der Waals surface area contributed by atoms with Gasteiger partial charge >= 0.3 is 0 Å². The summed E-state index contributed by atoms with van der Waals surface area (Å²) in [5.74, 6) is 6.27. The highest BCUT2D eigenvalue weighted by atomic mass is 32.1. The zero-order chi connectivity index (χ0) is 11.2. The summed E-state index contributed by atoms with van der Waals surface area (Å²) < 4.78 is 0. The van der Waals surface area contributed by atoms with Crippen LogP contribution in [0.25, 0.3) is 0 Å². The van der Waals surface area contributed by atoms with Gasteiger partial charge in [-0.05, 0) is 41.3 Å². The van der Waals surface area contributed by atoms with Crippen LogP contribution in [0.15, 0.2) is 35.3 Å². The molecular formula is C11H14N4S. The van der Waals surface area contributed by atoms with E-state index in [0.717, 1.165) is 18.7 Å². The van der Waals surface area contributed by atoms with Gasteiger partial charge in [0.15, 0.2) is 0 Å². The zero-order valence-electron chi connectivity index (χ0n) is 8.84. The van der Waals surface area contributed by atoms with E-state index in [-0.39, 0.29) is 6.04 Å². The minimum Gasteiger partial charge on any atom is -0.271 e. The molecule has 4 nitrogen and oxygen atoms in total. The Morgan fingerprint density at radius 1 is 1.38 bits per heavy atom. The minimum absolute atomic E-state index is 0.0149. The molecule has 0 aliphatic carbocycles. The fourth-order valence-electron chi connectivity index (χ4n) is 1.52. The van der Waals surface area contributed by atoms with Crippen molar-refractivity contribution in [1.29, 1.82) is 0 Å². The van der Waals surface area contributed by atoms with E-state index < -0.39 is 0 Å². The fraction of sp³-hybridized carbons (Fsp3) is 0.273. The Morgan fingerprint density at radius 2 is 2.19 bits per heavy atom. The summed E-state index contributed by atoms with van der Waals surface area (Å²) in [6.07, 6.45) is 5.35. The van der Waals surface area contributed by atoms with Gasteiger partial charge < -0.3 is 0 Å². The van der Waals surface area contributed by atoms with Crippen molar-refractivity contribution in [2.24, 2.45) is 5.84 Å². The predicted molar refractivity (Wildman–Crippen MR) is 64.7 cm³/mol. The zero-order valence-corrected chi connectivity index (χ0v) is 9.65. The molecule has 0 amide bonds. The van der Waals surface area contributed by atoms with E-state index in [1.165, 1.54) is 5.56 Å². The Labute approximate surface area is 98.5 Å². The molecule has 1 atom stereocenters. The maximum atomic E-state index is 5.52. The number of hydrogen-bond acceptors (Lipinski definition) is 5. The molecule has 0 bridgehead atoms. The Morgan fingerprint density at radius 3 is 2.81 bits per heavy atom. The summed E-state index contributed by atoms with van der Waals surface area (Å²) in [4.78, 5) is 8.40. The van der Waals surface area contributed by atoms with Crippen LogP contribution in [0, 0.1) is 0 Å². The van der Waals surface area contributed by atoms with E-state index in [1.54, 1.807) is 29.8 Å². The molecule has 0 aliphatic heterocycles. The average molecular weight is 234 g/mol. The smallest absolute Gasteiger partial charge is 0.146 e. The fourth-order valence-corrected chi connectivity index (χ4v) is 2.23. The number of nitrogens with two attached hydrogens (primary N) is 1. The van der Waals surface area contributed by atoms with E-state index in [9.17, 15) is 0 Å². The molecule has 5 heteroatoms. The van der Waals surface area contributed by atoms with Crippen molar-refractivity contribution in [2.75, 3.05) is 0 Å². The van der Waals surface area contributed by atoms with E-state index in [1.807, 2.05) is 0 Å². The molecule has 0 spiro atoms. The van der Waals surface area contributed by atoms with Gasteiger partial charge in [-0.2, -0.15) is 11.3 Å². The lowest BCUT2D eigenvalue weighted by Gasteiger charge is -2.13. The quantitative estimate of drug-likeness (QED) is 0.610. The van der Waals surface area contributed by atoms with Gasteiger partial charge in [-0.1, -0.05) is 0 Å². The van der Waals surface area contributed by atoms with Gasteiger partial charge in [-0.3, -0.25) is 5.84 Å². The Balaban J connectivity index is 1.96. The van der Waals surface area contributed by atoms with Gasteiger partial charge in [-0.15, -0.1) is 0 Å². The van der Waals surface area contributed by atoms with Crippen molar-refractivity contribution < 1.29 is 0 Å². The van der Waals surface area contributed by atoms with Crippen molar-refractivity contribution in [3.8, 4) is 0 Å². The first-order valence-corrected chi connectivity index (χ1v) is 6.08. The number of hydrogen-bond donors (Lipinski definition) is 2. The van der Waals surface area contributed by atoms with Crippen molar-refractivity contribution in [1.82, 2.24) is 15.4 Å². The molecular weight excluding hydrogens is 220 g/mol. The molecule has 16 heavy (non-hydrogen) atoms. The minimum atomic E-state index is 0.0149. The third kappa shape index (κ3) is 2.85. The van der Waals surface area contributed by atoms with Crippen LogP contribution in [-0.2, 0) is 6.42 Å². The highest BCUT2D eigenvalue weighted by molar-refractivity contribution is 7.07. The lowest BCUT2D eigenvalue weighted by molar-refractivity contribution is 0.491. The predicted octanol–water partition coefficient (Wildman–Crippen LogP) is 1.68. The first kappa shape index (κ1) is 11.2. The number of nitrogens with one attached hydrogen (secondary N) is 1. The number of aryl methyl sites for hydroxylation is 1. The average Bonchev–Trinajstić information content (AvgIpc) is 2.84. The number of thiophene rings is 1. The molecule has 0 radical (unpaired) electrons. The van der Waals surface area contributed by atoms with Crippen LogP contribution in [0.2, 0.25) is 0 Å². The summed E-state index contributed by atoms with van der Waals surface area (Å²) in [7, 11) is 0. The van der Waals surface area contributed by atoms with Gasteiger partial charge in [0.2, 0.25) is 0 Å². The molecule has 2 rings (SSSR count). The van der Waals surface area contributed by atoms with Crippen LogP contribution < -0.4 is 11.3 Å². The van der Waals surface area contributed by atoms with E-state index >= 15 is 0 Å². The third-order valence-electron chi connectivity index (χ3n) is 2.40. The van der Waals surface area contributed by atoms with Crippen LogP contribution in [-0.4, -0.2) is 9.97 Å². The lowest BCUT2D eigenvalue weighted by Crippen LogP contribution is -2.29. The highest BCUT2D eigenvalue weighted by Gasteiger charge is 2.11. The van der Waals surface area contributed by atoms with Gasteiger partial charge in [0, 0.05) is 12.4 Å². The van der Waals surface area contributed by atoms with Crippen molar-refractivity contribution in [3.05, 3.63) is 46.7 Å². The topological polar surface area (TPSA) is 63.8 Å². The SMILES string of the molecule is NNC(CCc1ccsc1)c1ncccn1. The molecule has 0 saturated carbocycles. The summed E-state index contributed by atoms with van der Waals surface area (Å²) >= 11 is 1.71. The van der Waals surface area contributed by atoms with Crippen LogP contribution in [0.5, 0.6) is 0 Å². The van der Waals surface area contributed by atoms with Gasteiger partial charge in [0.25, 0.3) is 0 Å². The van der Waals surface area contributed by atoms with Crippen molar-refractivity contribution >= 4 is 11.3 Å². The summed E-state index contributed by atoms with van der Waals surface area (Å²) in [6.45, 7) is 0. The van der Waals surface area contributed by atoms with Gasteiger partial charge in [0.1, 0.15) is 5.82 Å². The van der Waals surface area contributed by atoms with E-state index in [4.69, 9.17) is 5.84 Å². The second kappa shape index (κ2) is 5.69. The Bertz CT molecular complexity index is 401. The lowest BCUT2D eigenvalue weighted by atomic mass is 10.1. The number of nitrogens with zero attached hydrogens (tertiary/aromatic N) is 2. The maximum absolute atomic E-state index is 5.52. The summed E-state index contributed by atoms with van der Waals surface area (Å²) in [6, 6.07) is 3.95. The first-order chi connectivity index (χ1) is 7.90. The monoisotopic (exact) mass is 234 g/mol. The standard InChI is InChI=1S/C11H14N4S/c12-15-10(11-13-5-1-6-14-11)3-2-9-4-7-16-8-9/h1,4-8,10,15H,2-3,12H2. The largest absolute Gasteiger partial charge is 0.271 e. The molecule has 0 aliphatic rings. The second-order valence-corrected chi connectivity index (χ2v) is 4.28. The second-order valence-electron chi connectivity index (χ2n) is 3.50. The van der Waals surface area contributed by atoms with Crippen LogP contribution in [0.3, 0.4) is 0 Å². The molecule has 0 saturated heterocycles. The number of aromatic nitrogens is 2. The third-order valence-corrected chi connectivity index (χ3v) is 3.13. The molecule has 0 aromatic carbocycles. The molecule has 3 N–H and O–H groups in total. The first-order valence-electron chi connectivity index (χ1n) is 5.14. The Kier molecular flexibility index (Phi) is 3.98. The van der Waals surface area contributed by atoms with Crippen LogP contribution in [0.1, 0.15) is 23.9 Å². The summed E-state index contributed by atoms with van der Waals surface area (Å²) in [5.41, 5.74) is 4.09. The molecule has 2 aromatic heterocycles. The van der Waals surface area contributed by atoms with E-state index in [0.29, 0.717) is 0 Å². The summed E-state index contributed by atoms with van der Waals surface area (Å²) in [5, 5.41) is 4.23. The van der Waals surface area contributed by atoms with Crippen molar-refractivity contribution in [2.45, 2.75) is 18.9 Å². The number of rotatable bonds is 5. The molecule has 2 aromatic rings. The van der Waals surface area contributed by atoms with Crippen LogP contribution in [0.4, 0.5) is 0 Å². The van der Waals surface area contributed by atoms with E-state index in [2.05, 4.69) is 32.2 Å².